The number of hydrogen-bond donors (Lipinski definition) is 0. The number of hydrogen-bond acceptors (Lipinski definition) is 0. The largest absolute Gasteiger partial charge is 0.0713 e. The molecule has 4 aromatic carbocycles. The maximum Gasteiger partial charge on any atom is 0.0713 e. The standard InChI is InChI=1S/C26H20/c1-19-11-10-18-24-25(19)22-16-8-9-17-23(22)26(24,20-12-4-2-5-13-20)21-14-6-3-7-15-21/h2-18H,1H3. The lowest BCUT2D eigenvalue weighted by atomic mass is 9.67. The molecule has 0 fully saturated rings. The molecule has 0 aliphatic heterocycles. The summed E-state index contributed by atoms with van der Waals surface area (Å²) in [6, 6.07) is 37.5. The van der Waals surface area contributed by atoms with Crippen LogP contribution in [0.25, 0.3) is 11.1 Å². The molecule has 0 radical (unpaired) electrons. The lowest BCUT2D eigenvalue weighted by molar-refractivity contribution is 0.768. The second-order valence-corrected chi connectivity index (χ2v) is 7.03. The third kappa shape index (κ3) is 1.90. The molecule has 1 aliphatic rings. The summed E-state index contributed by atoms with van der Waals surface area (Å²) >= 11 is 0. The topological polar surface area (TPSA) is 0 Å². The van der Waals surface area contributed by atoms with Crippen LogP contribution in [-0.2, 0) is 5.41 Å². The van der Waals surface area contributed by atoms with Gasteiger partial charge >= 0.3 is 0 Å². The minimum absolute atomic E-state index is 0.263. The van der Waals surface area contributed by atoms with Gasteiger partial charge in [-0.15, -0.1) is 0 Å². The Morgan fingerprint density at radius 3 is 1.69 bits per heavy atom. The van der Waals surface area contributed by atoms with Crippen molar-refractivity contribution < 1.29 is 0 Å². The van der Waals surface area contributed by atoms with Gasteiger partial charge in [0.25, 0.3) is 0 Å². The van der Waals surface area contributed by atoms with E-state index < -0.39 is 0 Å². The van der Waals surface area contributed by atoms with Crippen LogP contribution in [0.1, 0.15) is 27.8 Å². The molecule has 0 amide bonds. The second kappa shape index (κ2) is 5.71. The molecular formula is C26H20. The van der Waals surface area contributed by atoms with Gasteiger partial charge in [0, 0.05) is 0 Å². The second-order valence-electron chi connectivity index (χ2n) is 7.03. The van der Waals surface area contributed by atoms with E-state index in [4.69, 9.17) is 0 Å². The van der Waals surface area contributed by atoms with Crippen LogP contribution in [0, 0.1) is 6.92 Å². The van der Waals surface area contributed by atoms with Crippen LogP contribution in [0.4, 0.5) is 0 Å². The number of aryl methyl sites for hydroxylation is 1. The molecule has 0 N–H and O–H groups in total. The van der Waals surface area contributed by atoms with Crippen molar-refractivity contribution in [2.24, 2.45) is 0 Å². The molecule has 0 atom stereocenters. The van der Waals surface area contributed by atoms with Crippen LogP contribution in [0.2, 0.25) is 0 Å². The molecule has 0 spiro atoms. The molecule has 0 saturated heterocycles. The molecule has 26 heavy (non-hydrogen) atoms. The van der Waals surface area contributed by atoms with Gasteiger partial charge in [0.05, 0.1) is 5.41 Å². The van der Waals surface area contributed by atoms with Crippen molar-refractivity contribution in [1.82, 2.24) is 0 Å². The van der Waals surface area contributed by atoms with Crippen LogP contribution in [-0.4, -0.2) is 0 Å². The van der Waals surface area contributed by atoms with E-state index in [2.05, 4.69) is 110 Å². The molecule has 0 nitrogen and oxygen atoms in total. The maximum atomic E-state index is 2.31. The Morgan fingerprint density at radius 1 is 0.500 bits per heavy atom. The molecule has 0 saturated carbocycles. The Labute approximate surface area is 154 Å². The normalized spacial score (nSPS) is 13.9. The van der Waals surface area contributed by atoms with Crippen molar-refractivity contribution in [2.75, 3.05) is 0 Å². The van der Waals surface area contributed by atoms with Crippen molar-refractivity contribution in [1.29, 1.82) is 0 Å². The van der Waals surface area contributed by atoms with E-state index in [0.29, 0.717) is 0 Å². The molecule has 4 aromatic rings. The van der Waals surface area contributed by atoms with E-state index in [1.807, 2.05) is 0 Å². The first-order chi connectivity index (χ1) is 12.8. The fourth-order valence-electron chi connectivity index (χ4n) is 4.68. The van der Waals surface area contributed by atoms with E-state index in [-0.39, 0.29) is 5.41 Å². The van der Waals surface area contributed by atoms with Gasteiger partial charge in [0.1, 0.15) is 0 Å². The van der Waals surface area contributed by atoms with Crippen LogP contribution in [0.5, 0.6) is 0 Å². The summed E-state index contributed by atoms with van der Waals surface area (Å²) in [7, 11) is 0. The molecule has 0 bridgehead atoms. The highest BCUT2D eigenvalue weighted by Crippen LogP contribution is 2.56. The van der Waals surface area contributed by atoms with E-state index in [1.54, 1.807) is 0 Å². The quantitative estimate of drug-likeness (QED) is 0.353. The van der Waals surface area contributed by atoms with Crippen molar-refractivity contribution in [3.8, 4) is 11.1 Å². The molecule has 124 valence electrons. The minimum atomic E-state index is -0.263. The fraction of sp³-hybridized carbons (Fsp3) is 0.0769. The summed E-state index contributed by atoms with van der Waals surface area (Å²) in [4.78, 5) is 0. The average molecular weight is 332 g/mol. The highest BCUT2D eigenvalue weighted by Gasteiger charge is 2.46. The zero-order chi connectivity index (χ0) is 17.6. The number of fused-ring (bicyclic) bond motifs is 3. The first kappa shape index (κ1) is 15.2. The van der Waals surface area contributed by atoms with Crippen molar-refractivity contribution in [3.05, 3.63) is 131 Å². The zero-order valence-electron chi connectivity index (χ0n) is 14.8. The van der Waals surface area contributed by atoms with Crippen molar-refractivity contribution in [2.45, 2.75) is 12.3 Å². The monoisotopic (exact) mass is 332 g/mol. The van der Waals surface area contributed by atoms with Gasteiger partial charge in [-0.2, -0.15) is 0 Å². The van der Waals surface area contributed by atoms with Crippen molar-refractivity contribution >= 4 is 0 Å². The van der Waals surface area contributed by atoms with Gasteiger partial charge in [-0.3, -0.25) is 0 Å². The maximum absolute atomic E-state index is 2.31. The minimum Gasteiger partial charge on any atom is -0.0622 e. The van der Waals surface area contributed by atoms with E-state index >= 15 is 0 Å². The van der Waals surface area contributed by atoms with Crippen molar-refractivity contribution in [3.63, 3.8) is 0 Å². The lowest BCUT2D eigenvalue weighted by Gasteiger charge is -2.33. The first-order valence-corrected chi connectivity index (χ1v) is 9.14. The van der Waals surface area contributed by atoms with E-state index in [0.717, 1.165) is 0 Å². The third-order valence-corrected chi connectivity index (χ3v) is 5.69. The molecule has 1 aliphatic carbocycles. The van der Waals surface area contributed by atoms with Gasteiger partial charge < -0.3 is 0 Å². The summed E-state index contributed by atoms with van der Waals surface area (Å²) in [5, 5.41) is 0. The van der Waals surface area contributed by atoms with E-state index in [1.165, 1.54) is 38.9 Å². The van der Waals surface area contributed by atoms with Gasteiger partial charge in [-0.25, -0.2) is 0 Å². The zero-order valence-corrected chi connectivity index (χ0v) is 14.8. The Bertz CT molecular complexity index is 1040. The summed E-state index contributed by atoms with van der Waals surface area (Å²) in [5.41, 5.74) is 9.22. The van der Waals surface area contributed by atoms with Gasteiger partial charge in [-0.05, 0) is 45.9 Å². The Morgan fingerprint density at radius 2 is 1.04 bits per heavy atom. The highest BCUT2D eigenvalue weighted by atomic mass is 14.5. The fourth-order valence-corrected chi connectivity index (χ4v) is 4.68. The number of benzene rings is 4. The van der Waals surface area contributed by atoms with E-state index in [9.17, 15) is 0 Å². The lowest BCUT2D eigenvalue weighted by Crippen LogP contribution is -2.28. The summed E-state index contributed by atoms with van der Waals surface area (Å²) < 4.78 is 0. The van der Waals surface area contributed by atoms with Gasteiger partial charge in [0.2, 0.25) is 0 Å². The number of rotatable bonds is 2. The van der Waals surface area contributed by atoms with Crippen LogP contribution < -0.4 is 0 Å². The van der Waals surface area contributed by atoms with Crippen LogP contribution in [0.3, 0.4) is 0 Å². The van der Waals surface area contributed by atoms with Gasteiger partial charge in [-0.1, -0.05) is 103 Å². The predicted octanol–water partition coefficient (Wildman–Crippen LogP) is 6.36. The third-order valence-electron chi connectivity index (χ3n) is 5.69. The summed E-state index contributed by atoms with van der Waals surface area (Å²) in [6.07, 6.45) is 0. The molecule has 0 unspecified atom stereocenters. The SMILES string of the molecule is Cc1cccc2c1-c1ccccc1C2(c1ccccc1)c1ccccc1. The molecule has 0 heterocycles. The molecular weight excluding hydrogens is 312 g/mol. The Hall–Kier alpha value is -3.12. The highest BCUT2D eigenvalue weighted by molar-refractivity contribution is 5.87. The summed E-state index contributed by atoms with van der Waals surface area (Å²) in [5.74, 6) is 0. The molecule has 0 aromatic heterocycles. The van der Waals surface area contributed by atoms with Crippen LogP contribution in [0.15, 0.2) is 103 Å². The summed E-state index contributed by atoms with van der Waals surface area (Å²) in [6.45, 7) is 2.22. The molecule has 5 rings (SSSR count). The average Bonchev–Trinajstić information content (AvgIpc) is 3.02. The predicted molar refractivity (Wildman–Crippen MR) is 108 cm³/mol. The molecule has 0 heteroatoms. The van der Waals surface area contributed by atoms with Crippen LogP contribution >= 0.6 is 0 Å². The Balaban J connectivity index is 2.00. The first-order valence-electron chi connectivity index (χ1n) is 9.14. The van der Waals surface area contributed by atoms with Gasteiger partial charge in [0.15, 0.2) is 0 Å². The Kier molecular flexibility index (Phi) is 3.33. The smallest absolute Gasteiger partial charge is 0.0622 e.